The number of benzene rings is 1. The van der Waals surface area contributed by atoms with E-state index in [0.29, 0.717) is 12.6 Å². The maximum atomic E-state index is 5.77. The Morgan fingerprint density at radius 3 is 2.81 bits per heavy atom. The largest absolute Gasteiger partial charge is 0.491 e. The fraction of sp³-hybridized carbons (Fsp3) is 0.364. The number of rotatable bonds is 1. The van der Waals surface area contributed by atoms with Crippen molar-refractivity contribution >= 4 is 29.9 Å². The zero-order valence-electron chi connectivity index (χ0n) is 9.38. The molecule has 1 aliphatic heterocycles. The van der Waals surface area contributed by atoms with Crippen molar-refractivity contribution < 1.29 is 4.74 Å². The summed E-state index contributed by atoms with van der Waals surface area (Å²) in [5, 5.41) is 0. The van der Waals surface area contributed by atoms with Gasteiger partial charge in [0.25, 0.3) is 0 Å². The second-order valence-corrected chi connectivity index (χ2v) is 3.75. The molecule has 0 aliphatic carbocycles. The van der Waals surface area contributed by atoms with E-state index in [1.807, 2.05) is 38.4 Å². The second kappa shape index (κ2) is 5.38. The van der Waals surface area contributed by atoms with Gasteiger partial charge in [-0.05, 0) is 6.07 Å². The molecule has 0 spiro atoms. The summed E-state index contributed by atoms with van der Waals surface area (Å²) in [4.78, 5) is 6.20. The van der Waals surface area contributed by atoms with E-state index >= 15 is 0 Å². The van der Waals surface area contributed by atoms with Crippen molar-refractivity contribution in [1.82, 2.24) is 4.90 Å². The lowest BCUT2D eigenvalue weighted by molar-refractivity contribution is 0.333. The number of nitrogens with two attached hydrogens (primary N) is 1. The number of hydrogen-bond donors (Lipinski definition) is 1. The molecule has 0 radical (unpaired) electrons. The van der Waals surface area contributed by atoms with Crippen molar-refractivity contribution in [3.05, 3.63) is 29.8 Å². The molecule has 2 rings (SSSR count). The molecule has 16 heavy (non-hydrogen) atoms. The first-order chi connectivity index (χ1) is 7.18. The molecule has 0 aromatic heterocycles. The number of fused-ring (bicyclic) bond motifs is 1. The van der Waals surface area contributed by atoms with Gasteiger partial charge in [-0.2, -0.15) is 0 Å². The number of hydrogen-bond acceptors (Lipinski definition) is 2. The van der Waals surface area contributed by atoms with Crippen LogP contribution in [0, 0.1) is 0 Å². The predicted octanol–water partition coefficient (Wildman–Crippen LogP) is 1.61. The summed E-state index contributed by atoms with van der Waals surface area (Å²) in [5.74, 6) is 1.44. The number of para-hydroxylation sites is 1. The van der Waals surface area contributed by atoms with E-state index in [0.717, 1.165) is 11.3 Å². The maximum Gasteiger partial charge on any atom is 0.191 e. The Balaban J connectivity index is 0.00000128. The van der Waals surface area contributed by atoms with Crippen LogP contribution in [0.5, 0.6) is 5.75 Å². The molecule has 1 atom stereocenters. The second-order valence-electron chi connectivity index (χ2n) is 3.75. The highest BCUT2D eigenvalue weighted by molar-refractivity contribution is 14.0. The van der Waals surface area contributed by atoms with Crippen LogP contribution in [0.15, 0.2) is 29.3 Å². The van der Waals surface area contributed by atoms with Crippen LogP contribution >= 0.6 is 24.0 Å². The van der Waals surface area contributed by atoms with Gasteiger partial charge in [-0.15, -0.1) is 24.0 Å². The van der Waals surface area contributed by atoms with Crippen LogP contribution in [-0.4, -0.2) is 31.6 Å². The van der Waals surface area contributed by atoms with E-state index in [1.165, 1.54) is 0 Å². The number of nitrogens with zero attached hydrogens (tertiary/aromatic N) is 2. The van der Waals surface area contributed by atoms with Gasteiger partial charge in [-0.1, -0.05) is 18.2 Å². The van der Waals surface area contributed by atoms with Crippen LogP contribution < -0.4 is 10.5 Å². The molecular weight excluding hydrogens is 317 g/mol. The predicted molar refractivity (Wildman–Crippen MR) is 75.4 cm³/mol. The molecule has 1 heterocycles. The lowest BCUT2D eigenvalue weighted by atomic mass is 10.1. The summed E-state index contributed by atoms with van der Waals surface area (Å²) in [7, 11) is 3.75. The zero-order chi connectivity index (χ0) is 10.8. The van der Waals surface area contributed by atoms with Gasteiger partial charge in [0.2, 0.25) is 0 Å². The summed E-state index contributed by atoms with van der Waals surface area (Å²) in [6.07, 6.45) is 0. The summed E-state index contributed by atoms with van der Waals surface area (Å²) in [5.41, 5.74) is 6.89. The van der Waals surface area contributed by atoms with Crippen LogP contribution in [-0.2, 0) is 0 Å². The van der Waals surface area contributed by atoms with Crippen molar-refractivity contribution in [3.63, 3.8) is 0 Å². The van der Waals surface area contributed by atoms with Crippen molar-refractivity contribution in [1.29, 1.82) is 0 Å². The zero-order valence-corrected chi connectivity index (χ0v) is 11.7. The standard InChI is InChI=1S/C11H15N3O.HI/c1-14(2)11(12)13-9-7-15-10-6-4-3-5-8(9)10;/h3-6,9H,7H2,1-2H3,(H2,12,13);1H. The Bertz CT molecular complexity index is 393. The average molecular weight is 333 g/mol. The Hall–Kier alpha value is -0.980. The Morgan fingerprint density at radius 1 is 1.44 bits per heavy atom. The van der Waals surface area contributed by atoms with Gasteiger partial charge in [0.15, 0.2) is 5.96 Å². The van der Waals surface area contributed by atoms with E-state index < -0.39 is 0 Å². The summed E-state index contributed by atoms with van der Waals surface area (Å²) < 4.78 is 5.51. The highest BCUT2D eigenvalue weighted by Crippen LogP contribution is 2.34. The highest BCUT2D eigenvalue weighted by atomic mass is 127. The molecule has 5 heteroatoms. The summed E-state index contributed by atoms with van der Waals surface area (Å²) >= 11 is 0. The van der Waals surface area contributed by atoms with Crippen molar-refractivity contribution in [2.45, 2.75) is 6.04 Å². The van der Waals surface area contributed by atoms with E-state index in [9.17, 15) is 0 Å². The molecule has 88 valence electrons. The average Bonchev–Trinajstić information content (AvgIpc) is 2.62. The van der Waals surface area contributed by atoms with Crippen molar-refractivity contribution in [3.8, 4) is 5.75 Å². The van der Waals surface area contributed by atoms with Gasteiger partial charge < -0.3 is 15.4 Å². The third kappa shape index (κ3) is 2.58. The van der Waals surface area contributed by atoms with Crippen LogP contribution in [0.25, 0.3) is 0 Å². The molecule has 0 saturated carbocycles. The smallest absolute Gasteiger partial charge is 0.191 e. The van der Waals surface area contributed by atoms with E-state index in [1.54, 1.807) is 4.90 Å². The Labute approximate surface area is 113 Å². The monoisotopic (exact) mass is 333 g/mol. The molecule has 0 saturated heterocycles. The Kier molecular flexibility index (Phi) is 4.40. The lowest BCUT2D eigenvalue weighted by Gasteiger charge is -2.12. The molecule has 0 fully saturated rings. The topological polar surface area (TPSA) is 50.8 Å². The molecule has 1 aromatic carbocycles. The van der Waals surface area contributed by atoms with Crippen molar-refractivity contribution in [2.24, 2.45) is 10.7 Å². The fourth-order valence-electron chi connectivity index (χ4n) is 1.53. The highest BCUT2D eigenvalue weighted by Gasteiger charge is 2.23. The van der Waals surface area contributed by atoms with Gasteiger partial charge in [-0.25, -0.2) is 4.99 Å². The summed E-state index contributed by atoms with van der Waals surface area (Å²) in [6.45, 7) is 0.577. The minimum absolute atomic E-state index is 0. The maximum absolute atomic E-state index is 5.77. The van der Waals surface area contributed by atoms with Gasteiger partial charge in [0, 0.05) is 19.7 Å². The SMILES string of the molecule is CN(C)C(N)=NC1COc2ccccc21.I. The molecule has 1 aromatic rings. The number of guanidine groups is 1. The molecule has 1 aliphatic rings. The fourth-order valence-corrected chi connectivity index (χ4v) is 1.53. The van der Waals surface area contributed by atoms with Crippen LogP contribution in [0.2, 0.25) is 0 Å². The van der Waals surface area contributed by atoms with Crippen LogP contribution in [0.4, 0.5) is 0 Å². The van der Waals surface area contributed by atoms with Gasteiger partial charge in [0.1, 0.15) is 18.4 Å². The van der Waals surface area contributed by atoms with E-state index in [4.69, 9.17) is 10.5 Å². The first-order valence-electron chi connectivity index (χ1n) is 4.91. The number of aliphatic imine (C=N–C) groups is 1. The third-order valence-corrected chi connectivity index (χ3v) is 2.42. The molecular formula is C11H16IN3O. The summed E-state index contributed by atoms with van der Waals surface area (Å²) in [6, 6.07) is 7.96. The molecule has 4 nitrogen and oxygen atoms in total. The van der Waals surface area contributed by atoms with Crippen LogP contribution in [0.3, 0.4) is 0 Å². The number of ether oxygens (including phenoxy) is 1. The number of halogens is 1. The van der Waals surface area contributed by atoms with E-state index in [-0.39, 0.29) is 30.0 Å². The third-order valence-electron chi connectivity index (χ3n) is 2.42. The normalized spacial score (nSPS) is 18.4. The molecule has 2 N–H and O–H groups in total. The molecule has 0 bridgehead atoms. The first-order valence-corrected chi connectivity index (χ1v) is 4.91. The van der Waals surface area contributed by atoms with Gasteiger partial charge >= 0.3 is 0 Å². The van der Waals surface area contributed by atoms with Gasteiger partial charge in [0.05, 0.1) is 0 Å². The van der Waals surface area contributed by atoms with Gasteiger partial charge in [-0.3, -0.25) is 0 Å². The Morgan fingerprint density at radius 2 is 2.12 bits per heavy atom. The van der Waals surface area contributed by atoms with Crippen molar-refractivity contribution in [2.75, 3.05) is 20.7 Å². The minimum Gasteiger partial charge on any atom is -0.491 e. The molecule has 0 amide bonds. The van der Waals surface area contributed by atoms with E-state index in [2.05, 4.69) is 4.99 Å². The lowest BCUT2D eigenvalue weighted by Crippen LogP contribution is -2.31. The minimum atomic E-state index is 0. The quantitative estimate of drug-likeness (QED) is 0.483. The first kappa shape index (κ1) is 13.1. The molecule has 1 unspecified atom stereocenters. The van der Waals surface area contributed by atoms with Crippen LogP contribution in [0.1, 0.15) is 11.6 Å².